The molecular formula is C20H23N5O3S2. The van der Waals surface area contributed by atoms with E-state index in [4.69, 9.17) is 9.47 Å². The van der Waals surface area contributed by atoms with E-state index in [9.17, 15) is 4.79 Å². The Balaban J connectivity index is 1.20. The molecule has 158 valence electrons. The molecular weight excluding hydrogens is 422 g/mol. The lowest BCUT2D eigenvalue weighted by atomic mass is 10.3. The summed E-state index contributed by atoms with van der Waals surface area (Å²) in [6.07, 6.45) is 0. The Bertz CT molecular complexity index is 974. The van der Waals surface area contributed by atoms with Crippen LogP contribution < -0.4 is 15.0 Å². The molecule has 3 heterocycles. The summed E-state index contributed by atoms with van der Waals surface area (Å²) in [6.45, 7) is 5.60. The summed E-state index contributed by atoms with van der Waals surface area (Å²) in [4.78, 5) is 27.6. The largest absolute Gasteiger partial charge is 0.476 e. The first kappa shape index (κ1) is 20.8. The number of aryl methyl sites for hydroxylation is 1. The maximum Gasteiger partial charge on any atom is 0.230 e. The van der Waals surface area contributed by atoms with Crippen molar-refractivity contribution in [1.82, 2.24) is 20.3 Å². The fraction of sp³-hybridized carbons (Fsp3) is 0.400. The van der Waals surface area contributed by atoms with Gasteiger partial charge in [0, 0.05) is 19.2 Å². The maximum absolute atomic E-state index is 12.1. The van der Waals surface area contributed by atoms with Gasteiger partial charge >= 0.3 is 0 Å². The van der Waals surface area contributed by atoms with Crippen LogP contribution in [0.15, 0.2) is 34.7 Å². The zero-order valence-electron chi connectivity index (χ0n) is 16.7. The van der Waals surface area contributed by atoms with Gasteiger partial charge in [-0.05, 0) is 19.1 Å². The summed E-state index contributed by atoms with van der Waals surface area (Å²) in [5.74, 6) is 2.30. The van der Waals surface area contributed by atoms with Gasteiger partial charge in [-0.15, -0.1) is 11.3 Å². The molecule has 1 N–H and O–H groups in total. The minimum atomic E-state index is -0.0456. The van der Waals surface area contributed by atoms with Crippen LogP contribution in [-0.4, -0.2) is 66.1 Å². The molecule has 0 unspecified atom stereocenters. The van der Waals surface area contributed by atoms with Crippen molar-refractivity contribution in [1.29, 1.82) is 0 Å². The van der Waals surface area contributed by atoms with Crippen LogP contribution in [0.4, 0.5) is 5.82 Å². The molecule has 4 rings (SSSR count). The van der Waals surface area contributed by atoms with Crippen LogP contribution in [0.5, 0.6) is 5.88 Å². The van der Waals surface area contributed by atoms with Gasteiger partial charge in [0.2, 0.25) is 11.8 Å². The number of fused-ring (bicyclic) bond motifs is 1. The lowest BCUT2D eigenvalue weighted by molar-refractivity contribution is -0.118. The number of nitrogens with zero attached hydrogens (tertiary/aromatic N) is 4. The highest BCUT2D eigenvalue weighted by atomic mass is 32.2. The average Bonchev–Trinajstić information content (AvgIpc) is 3.19. The number of thioether (sulfide) groups is 1. The molecule has 30 heavy (non-hydrogen) atoms. The van der Waals surface area contributed by atoms with Gasteiger partial charge in [-0.2, -0.15) is 4.98 Å². The number of anilines is 1. The van der Waals surface area contributed by atoms with Crippen molar-refractivity contribution in [3.8, 4) is 5.88 Å². The third-order valence-electron chi connectivity index (χ3n) is 4.41. The molecule has 0 bridgehead atoms. The number of nitrogens with one attached hydrogen (secondary N) is 1. The highest BCUT2D eigenvalue weighted by Crippen LogP contribution is 2.29. The van der Waals surface area contributed by atoms with Gasteiger partial charge in [-0.3, -0.25) is 4.79 Å². The van der Waals surface area contributed by atoms with Gasteiger partial charge < -0.3 is 19.7 Å². The van der Waals surface area contributed by atoms with E-state index in [0.29, 0.717) is 43.8 Å². The molecule has 8 nitrogen and oxygen atoms in total. The molecule has 1 aliphatic rings. The van der Waals surface area contributed by atoms with Gasteiger partial charge in [0.15, 0.2) is 4.34 Å². The van der Waals surface area contributed by atoms with E-state index in [2.05, 4.69) is 25.2 Å². The number of ether oxygens (including phenoxy) is 2. The second kappa shape index (κ2) is 10.1. The van der Waals surface area contributed by atoms with E-state index in [0.717, 1.165) is 33.5 Å². The molecule has 1 amide bonds. The first-order valence-corrected chi connectivity index (χ1v) is 11.5. The van der Waals surface area contributed by atoms with Crippen molar-refractivity contribution in [2.45, 2.75) is 11.3 Å². The molecule has 0 radical (unpaired) electrons. The third kappa shape index (κ3) is 5.59. The Morgan fingerprint density at radius 1 is 1.27 bits per heavy atom. The molecule has 0 atom stereocenters. The maximum atomic E-state index is 12.1. The van der Waals surface area contributed by atoms with Crippen LogP contribution in [0.2, 0.25) is 0 Å². The number of carbonyl (C=O) groups is 1. The predicted octanol–water partition coefficient (Wildman–Crippen LogP) is 2.52. The van der Waals surface area contributed by atoms with Crippen LogP contribution in [0, 0.1) is 6.92 Å². The van der Waals surface area contributed by atoms with Gasteiger partial charge in [0.05, 0.1) is 35.7 Å². The number of thiazole rings is 1. The smallest absolute Gasteiger partial charge is 0.230 e. The van der Waals surface area contributed by atoms with E-state index in [-0.39, 0.29) is 5.91 Å². The Hall–Kier alpha value is -2.43. The molecule has 1 aliphatic heterocycles. The highest BCUT2D eigenvalue weighted by Gasteiger charge is 2.14. The highest BCUT2D eigenvalue weighted by molar-refractivity contribution is 8.01. The van der Waals surface area contributed by atoms with E-state index in [1.807, 2.05) is 37.3 Å². The number of benzene rings is 1. The molecule has 1 aromatic carbocycles. The number of rotatable bonds is 8. The normalized spacial score (nSPS) is 14.1. The fourth-order valence-corrected chi connectivity index (χ4v) is 4.89. The Morgan fingerprint density at radius 3 is 2.93 bits per heavy atom. The number of hydrogen-bond donors (Lipinski definition) is 1. The summed E-state index contributed by atoms with van der Waals surface area (Å²) in [5, 5.41) is 2.87. The van der Waals surface area contributed by atoms with Crippen LogP contribution in [0.1, 0.15) is 5.82 Å². The Labute approximate surface area is 183 Å². The lowest BCUT2D eigenvalue weighted by Crippen LogP contribution is -2.37. The van der Waals surface area contributed by atoms with Crippen molar-refractivity contribution < 1.29 is 14.3 Å². The zero-order chi connectivity index (χ0) is 20.8. The van der Waals surface area contributed by atoms with Crippen LogP contribution in [0.25, 0.3) is 10.2 Å². The standard InChI is InChI=1S/C20H23N5O3S2/c1-14-22-17(25-7-10-27-11-8-25)12-19(23-14)28-9-6-21-18(26)13-29-20-24-15-4-2-3-5-16(15)30-20/h2-5,12H,6-11,13H2,1H3,(H,21,26). The lowest BCUT2D eigenvalue weighted by Gasteiger charge is -2.28. The quantitative estimate of drug-likeness (QED) is 0.418. The van der Waals surface area contributed by atoms with Gasteiger partial charge in [0.1, 0.15) is 18.2 Å². The molecule has 3 aromatic rings. The van der Waals surface area contributed by atoms with E-state index >= 15 is 0 Å². The van der Waals surface area contributed by atoms with Gasteiger partial charge in [-0.25, -0.2) is 9.97 Å². The fourth-order valence-electron chi connectivity index (χ4n) is 2.99. The topological polar surface area (TPSA) is 89.5 Å². The Kier molecular flexibility index (Phi) is 6.98. The molecule has 1 fully saturated rings. The van der Waals surface area contributed by atoms with Gasteiger partial charge in [-0.1, -0.05) is 23.9 Å². The van der Waals surface area contributed by atoms with Crippen molar-refractivity contribution in [3.05, 3.63) is 36.2 Å². The number of para-hydroxylation sites is 1. The second-order valence-corrected chi connectivity index (χ2v) is 8.90. The predicted molar refractivity (Wildman–Crippen MR) is 119 cm³/mol. The molecule has 10 heteroatoms. The number of morpholine rings is 1. The molecule has 1 saturated heterocycles. The number of hydrogen-bond acceptors (Lipinski definition) is 9. The molecule has 0 spiro atoms. The van der Waals surface area contributed by atoms with E-state index < -0.39 is 0 Å². The molecule has 0 aliphatic carbocycles. The zero-order valence-corrected chi connectivity index (χ0v) is 18.3. The SMILES string of the molecule is Cc1nc(OCCNC(=O)CSc2nc3ccccc3s2)cc(N2CCOCC2)n1. The van der Waals surface area contributed by atoms with Crippen molar-refractivity contribution in [3.63, 3.8) is 0 Å². The van der Waals surface area contributed by atoms with Gasteiger partial charge in [0.25, 0.3) is 0 Å². The van der Waals surface area contributed by atoms with Crippen LogP contribution >= 0.6 is 23.1 Å². The van der Waals surface area contributed by atoms with Crippen molar-refractivity contribution >= 4 is 45.0 Å². The monoisotopic (exact) mass is 445 g/mol. The first-order valence-electron chi connectivity index (χ1n) is 9.73. The van der Waals surface area contributed by atoms with Crippen LogP contribution in [-0.2, 0) is 9.53 Å². The van der Waals surface area contributed by atoms with Crippen molar-refractivity contribution in [2.75, 3.05) is 50.1 Å². The second-order valence-electron chi connectivity index (χ2n) is 6.65. The number of amides is 1. The molecule has 2 aromatic heterocycles. The third-order valence-corrected chi connectivity index (χ3v) is 6.59. The van der Waals surface area contributed by atoms with Crippen molar-refractivity contribution in [2.24, 2.45) is 0 Å². The summed E-state index contributed by atoms with van der Waals surface area (Å²) in [6, 6.07) is 9.81. The average molecular weight is 446 g/mol. The summed E-state index contributed by atoms with van der Waals surface area (Å²) >= 11 is 3.05. The minimum absolute atomic E-state index is 0.0456. The Morgan fingerprint density at radius 2 is 2.10 bits per heavy atom. The minimum Gasteiger partial charge on any atom is -0.476 e. The van der Waals surface area contributed by atoms with E-state index in [1.54, 1.807) is 11.3 Å². The number of aromatic nitrogens is 3. The molecule has 0 saturated carbocycles. The summed E-state index contributed by atoms with van der Waals surface area (Å²) in [5.41, 5.74) is 0.968. The summed E-state index contributed by atoms with van der Waals surface area (Å²) in [7, 11) is 0. The first-order chi connectivity index (χ1) is 14.7. The summed E-state index contributed by atoms with van der Waals surface area (Å²) < 4.78 is 13.1. The van der Waals surface area contributed by atoms with E-state index in [1.165, 1.54) is 11.8 Å². The number of carbonyl (C=O) groups excluding carboxylic acids is 1. The van der Waals surface area contributed by atoms with Crippen LogP contribution in [0.3, 0.4) is 0 Å².